The summed E-state index contributed by atoms with van der Waals surface area (Å²) in [7, 11) is 0. The van der Waals surface area contributed by atoms with Crippen LogP contribution in [-0.2, 0) is 15.3 Å². The Labute approximate surface area is 134 Å². The second kappa shape index (κ2) is 7.15. The molecule has 0 bridgehead atoms. The zero-order valence-electron chi connectivity index (χ0n) is 12.7. The minimum absolute atomic E-state index is 0.0594. The number of nitrogens with zero attached hydrogens (tertiary/aromatic N) is 1. The fourth-order valence-corrected chi connectivity index (χ4v) is 3.40. The summed E-state index contributed by atoms with van der Waals surface area (Å²) in [6.07, 6.45) is 2.29. The molecule has 0 radical (unpaired) electrons. The highest BCUT2D eigenvalue weighted by Gasteiger charge is 2.23. The molecule has 1 aliphatic rings. The number of ether oxygens (including phenoxy) is 1. The highest BCUT2D eigenvalue weighted by molar-refractivity contribution is 7.99. The van der Waals surface area contributed by atoms with Crippen molar-refractivity contribution in [3.8, 4) is 0 Å². The molecular weight excluding hydrogens is 298 g/mol. The number of aromatic nitrogens is 2. The molecule has 1 aromatic carbocycles. The molecule has 0 spiro atoms. The largest absolute Gasteiger partial charge is 0.376 e. The van der Waals surface area contributed by atoms with Gasteiger partial charge in [0.05, 0.1) is 34.7 Å². The number of aromatic amines is 1. The number of hydrogen-bond donors (Lipinski definition) is 2. The van der Waals surface area contributed by atoms with Crippen molar-refractivity contribution in [2.24, 2.45) is 0 Å². The number of hydrogen-bond acceptors (Lipinski definition) is 4. The van der Waals surface area contributed by atoms with Gasteiger partial charge in [-0.3, -0.25) is 4.79 Å². The molecular formula is C16H21N3O2S. The van der Waals surface area contributed by atoms with Crippen molar-refractivity contribution in [3.05, 3.63) is 30.1 Å². The van der Waals surface area contributed by atoms with Crippen LogP contribution in [0.4, 0.5) is 0 Å². The normalized spacial score (nSPS) is 19.4. The van der Waals surface area contributed by atoms with Crippen molar-refractivity contribution < 1.29 is 9.53 Å². The van der Waals surface area contributed by atoms with Crippen LogP contribution in [0.1, 0.15) is 25.6 Å². The summed E-state index contributed by atoms with van der Waals surface area (Å²) in [5, 5.41) is 3.02. The fourth-order valence-electron chi connectivity index (χ4n) is 2.70. The van der Waals surface area contributed by atoms with Gasteiger partial charge in [-0.05, 0) is 31.9 Å². The van der Waals surface area contributed by atoms with Gasteiger partial charge in [0.25, 0.3) is 0 Å². The standard InChI is InChI=1S/C16H21N3O2S/c1-11(14-7-4-8-21-14)17-16(20)10-22-9-15-18-12-5-2-3-6-13(12)19-15/h2-3,5-6,11,14H,4,7-10H2,1H3,(H,17,20)(H,18,19)/t11-,14-/m0/s1. The summed E-state index contributed by atoms with van der Waals surface area (Å²) in [5.41, 5.74) is 2.00. The van der Waals surface area contributed by atoms with E-state index in [0.717, 1.165) is 36.3 Å². The average Bonchev–Trinajstić information content (AvgIpc) is 3.16. The zero-order valence-corrected chi connectivity index (χ0v) is 13.5. The second-order valence-electron chi connectivity index (χ2n) is 5.60. The van der Waals surface area contributed by atoms with Crippen LogP contribution in [0.5, 0.6) is 0 Å². The van der Waals surface area contributed by atoms with Crippen molar-refractivity contribution in [1.29, 1.82) is 0 Å². The Balaban J connectivity index is 1.43. The maximum absolute atomic E-state index is 12.0. The summed E-state index contributed by atoms with van der Waals surface area (Å²) in [4.78, 5) is 19.7. The Bertz CT molecular complexity index is 604. The lowest BCUT2D eigenvalue weighted by Crippen LogP contribution is -2.41. The second-order valence-corrected chi connectivity index (χ2v) is 6.59. The van der Waals surface area contributed by atoms with Crippen molar-refractivity contribution in [1.82, 2.24) is 15.3 Å². The number of thioether (sulfide) groups is 1. The van der Waals surface area contributed by atoms with E-state index in [2.05, 4.69) is 15.3 Å². The molecule has 1 saturated heterocycles. The van der Waals surface area contributed by atoms with Gasteiger partial charge in [0.2, 0.25) is 5.91 Å². The molecule has 2 atom stereocenters. The number of imidazole rings is 1. The third kappa shape index (κ3) is 3.81. The molecule has 0 aliphatic carbocycles. The average molecular weight is 319 g/mol. The Kier molecular flexibility index (Phi) is 5.00. The van der Waals surface area contributed by atoms with Gasteiger partial charge in [-0.15, -0.1) is 11.8 Å². The van der Waals surface area contributed by atoms with E-state index in [0.29, 0.717) is 11.5 Å². The molecule has 2 heterocycles. The topological polar surface area (TPSA) is 67.0 Å². The van der Waals surface area contributed by atoms with E-state index in [9.17, 15) is 4.79 Å². The fraction of sp³-hybridized carbons (Fsp3) is 0.500. The monoisotopic (exact) mass is 319 g/mol. The minimum atomic E-state index is 0.0594. The molecule has 1 aromatic heterocycles. The molecule has 1 fully saturated rings. The van der Waals surface area contributed by atoms with E-state index in [4.69, 9.17) is 4.74 Å². The van der Waals surface area contributed by atoms with Gasteiger partial charge < -0.3 is 15.0 Å². The molecule has 2 aromatic rings. The predicted octanol–water partition coefficient (Wildman–Crippen LogP) is 2.48. The molecule has 2 N–H and O–H groups in total. The summed E-state index contributed by atoms with van der Waals surface area (Å²) in [6.45, 7) is 2.82. The Hall–Kier alpha value is -1.53. The molecule has 3 rings (SSSR count). The van der Waals surface area contributed by atoms with Crippen LogP contribution in [0.3, 0.4) is 0 Å². The van der Waals surface area contributed by atoms with Gasteiger partial charge in [0.15, 0.2) is 0 Å². The minimum Gasteiger partial charge on any atom is -0.376 e. The van der Waals surface area contributed by atoms with Gasteiger partial charge in [-0.25, -0.2) is 4.98 Å². The first-order chi connectivity index (χ1) is 10.7. The highest BCUT2D eigenvalue weighted by atomic mass is 32.2. The third-order valence-electron chi connectivity index (χ3n) is 3.82. The predicted molar refractivity (Wildman–Crippen MR) is 88.8 cm³/mol. The zero-order chi connectivity index (χ0) is 15.4. The van der Waals surface area contributed by atoms with Crippen LogP contribution < -0.4 is 5.32 Å². The first kappa shape index (κ1) is 15.4. The van der Waals surface area contributed by atoms with Gasteiger partial charge >= 0.3 is 0 Å². The lowest BCUT2D eigenvalue weighted by atomic mass is 10.1. The highest BCUT2D eigenvalue weighted by Crippen LogP contribution is 2.17. The maximum Gasteiger partial charge on any atom is 0.230 e. The number of fused-ring (bicyclic) bond motifs is 1. The van der Waals surface area contributed by atoms with E-state index in [1.54, 1.807) is 11.8 Å². The first-order valence-electron chi connectivity index (χ1n) is 7.65. The molecule has 1 amide bonds. The quantitative estimate of drug-likeness (QED) is 0.858. The lowest BCUT2D eigenvalue weighted by Gasteiger charge is -2.19. The SMILES string of the molecule is C[C@H](NC(=O)CSCc1nc2ccccc2[nH]1)[C@@H]1CCCO1. The van der Waals surface area contributed by atoms with Gasteiger partial charge in [0.1, 0.15) is 5.82 Å². The number of H-pyrrole nitrogens is 1. The number of benzene rings is 1. The molecule has 6 heteroatoms. The molecule has 1 aliphatic heterocycles. The summed E-state index contributed by atoms with van der Waals surface area (Å²) >= 11 is 1.57. The van der Waals surface area contributed by atoms with Gasteiger partial charge in [0, 0.05) is 6.61 Å². The van der Waals surface area contributed by atoms with Crippen LogP contribution in [0, 0.1) is 0 Å². The third-order valence-corrected chi connectivity index (χ3v) is 4.77. The Morgan fingerprint density at radius 3 is 3.18 bits per heavy atom. The van der Waals surface area contributed by atoms with Crippen molar-refractivity contribution in [2.75, 3.05) is 12.4 Å². The number of carbonyl (C=O) groups excluding carboxylic acids is 1. The van der Waals surface area contributed by atoms with E-state index >= 15 is 0 Å². The maximum atomic E-state index is 12.0. The summed E-state index contributed by atoms with van der Waals surface area (Å²) in [5.74, 6) is 2.11. The first-order valence-corrected chi connectivity index (χ1v) is 8.80. The summed E-state index contributed by atoms with van der Waals surface area (Å²) in [6, 6.07) is 8.03. The van der Waals surface area contributed by atoms with E-state index < -0.39 is 0 Å². The van der Waals surface area contributed by atoms with Crippen LogP contribution in [-0.4, -0.2) is 40.4 Å². The Morgan fingerprint density at radius 2 is 2.41 bits per heavy atom. The number of rotatable bonds is 6. The number of amides is 1. The molecule has 0 unspecified atom stereocenters. The molecule has 5 nitrogen and oxygen atoms in total. The van der Waals surface area contributed by atoms with Crippen LogP contribution in [0.2, 0.25) is 0 Å². The van der Waals surface area contributed by atoms with E-state index in [1.807, 2.05) is 31.2 Å². The van der Waals surface area contributed by atoms with Gasteiger partial charge in [-0.2, -0.15) is 0 Å². The van der Waals surface area contributed by atoms with Crippen molar-refractivity contribution >= 4 is 28.7 Å². The van der Waals surface area contributed by atoms with E-state index in [-0.39, 0.29) is 18.1 Å². The van der Waals surface area contributed by atoms with Crippen LogP contribution >= 0.6 is 11.8 Å². The smallest absolute Gasteiger partial charge is 0.230 e. The Morgan fingerprint density at radius 1 is 1.55 bits per heavy atom. The van der Waals surface area contributed by atoms with Crippen LogP contribution in [0.15, 0.2) is 24.3 Å². The number of nitrogens with one attached hydrogen (secondary N) is 2. The summed E-state index contributed by atoms with van der Waals surface area (Å²) < 4.78 is 5.59. The van der Waals surface area contributed by atoms with Crippen LogP contribution in [0.25, 0.3) is 11.0 Å². The molecule has 22 heavy (non-hydrogen) atoms. The number of carbonyl (C=O) groups is 1. The molecule has 0 saturated carbocycles. The van der Waals surface area contributed by atoms with Gasteiger partial charge in [-0.1, -0.05) is 12.1 Å². The van der Waals surface area contributed by atoms with E-state index in [1.165, 1.54) is 0 Å². The lowest BCUT2D eigenvalue weighted by molar-refractivity contribution is -0.120. The van der Waals surface area contributed by atoms with Crippen molar-refractivity contribution in [3.63, 3.8) is 0 Å². The van der Waals surface area contributed by atoms with Crippen molar-refractivity contribution in [2.45, 2.75) is 37.7 Å². The number of para-hydroxylation sites is 2. The molecule has 118 valence electrons.